The lowest BCUT2D eigenvalue weighted by atomic mass is 9.97. The lowest BCUT2D eigenvalue weighted by molar-refractivity contribution is -0.137. The van der Waals surface area contributed by atoms with Crippen LogP contribution in [0.25, 0.3) is 0 Å². The molecule has 0 amide bonds. The smallest absolute Gasteiger partial charge is 0.303 e. The summed E-state index contributed by atoms with van der Waals surface area (Å²) < 4.78 is 0. The molecule has 0 aromatic heterocycles. The third kappa shape index (κ3) is 2.96. The highest BCUT2D eigenvalue weighted by Crippen LogP contribution is 2.17. The number of hydrogen-bond donors (Lipinski definition) is 2. The van der Waals surface area contributed by atoms with E-state index in [2.05, 4.69) is 31.1 Å². The Balaban J connectivity index is 2.35. The van der Waals surface area contributed by atoms with E-state index in [9.17, 15) is 4.79 Å². The second kappa shape index (κ2) is 4.28. The van der Waals surface area contributed by atoms with E-state index in [1.807, 2.05) is 0 Å². The Hall–Kier alpha value is -0.610. The van der Waals surface area contributed by atoms with Gasteiger partial charge in [-0.25, -0.2) is 0 Å². The molecule has 1 saturated heterocycles. The Bertz CT molecular complexity index is 216. The zero-order chi connectivity index (χ0) is 10.8. The molecule has 1 aliphatic heterocycles. The van der Waals surface area contributed by atoms with Gasteiger partial charge < -0.3 is 10.4 Å². The maximum absolute atomic E-state index is 10.4. The molecule has 2 N–H and O–H groups in total. The highest BCUT2D eigenvalue weighted by Gasteiger charge is 2.30. The van der Waals surface area contributed by atoms with Crippen molar-refractivity contribution in [2.75, 3.05) is 20.1 Å². The minimum atomic E-state index is -0.709. The highest BCUT2D eigenvalue weighted by molar-refractivity contribution is 5.66. The molecular weight excluding hydrogens is 180 g/mol. The van der Waals surface area contributed by atoms with E-state index in [0.717, 1.165) is 19.5 Å². The second-order valence-corrected chi connectivity index (χ2v) is 4.70. The van der Waals surface area contributed by atoms with E-state index >= 15 is 0 Å². The first kappa shape index (κ1) is 11.5. The molecule has 4 nitrogen and oxygen atoms in total. The van der Waals surface area contributed by atoms with Crippen LogP contribution < -0.4 is 5.32 Å². The summed E-state index contributed by atoms with van der Waals surface area (Å²) in [4.78, 5) is 12.7. The molecule has 4 heteroatoms. The maximum Gasteiger partial charge on any atom is 0.303 e. The fourth-order valence-corrected chi connectivity index (χ4v) is 1.66. The van der Waals surface area contributed by atoms with E-state index in [1.165, 1.54) is 0 Å². The molecule has 82 valence electrons. The minimum absolute atomic E-state index is 0.180. The maximum atomic E-state index is 10.4. The molecular formula is C10H20N2O2. The molecule has 0 radical (unpaired) electrons. The van der Waals surface area contributed by atoms with Crippen molar-refractivity contribution in [3.63, 3.8) is 0 Å². The molecule has 0 bridgehead atoms. The Morgan fingerprint density at radius 1 is 1.64 bits per heavy atom. The number of nitrogens with zero attached hydrogens (tertiary/aromatic N) is 1. The van der Waals surface area contributed by atoms with Crippen LogP contribution in [0.4, 0.5) is 0 Å². The number of piperazine rings is 1. The van der Waals surface area contributed by atoms with Gasteiger partial charge in [0.2, 0.25) is 0 Å². The standard InChI is InChI=1S/C10H20N2O2/c1-10(2)7-11-8(6-12(10)3)4-5-9(13)14/h8,11H,4-7H2,1-3H3,(H,13,14). The van der Waals surface area contributed by atoms with Gasteiger partial charge in [0.25, 0.3) is 0 Å². The van der Waals surface area contributed by atoms with Crippen LogP contribution in [-0.4, -0.2) is 47.7 Å². The van der Waals surface area contributed by atoms with Crippen molar-refractivity contribution in [3.8, 4) is 0 Å². The summed E-state index contributed by atoms with van der Waals surface area (Å²) in [6.45, 7) is 6.23. The van der Waals surface area contributed by atoms with Gasteiger partial charge in [-0.3, -0.25) is 9.69 Å². The van der Waals surface area contributed by atoms with E-state index in [4.69, 9.17) is 5.11 Å². The van der Waals surface area contributed by atoms with Crippen LogP contribution in [0.1, 0.15) is 26.7 Å². The number of carbonyl (C=O) groups is 1. The zero-order valence-electron chi connectivity index (χ0n) is 9.21. The first-order valence-corrected chi connectivity index (χ1v) is 5.08. The van der Waals surface area contributed by atoms with Crippen molar-refractivity contribution >= 4 is 5.97 Å². The number of carboxylic acid groups (broad SMARTS) is 1. The second-order valence-electron chi connectivity index (χ2n) is 4.70. The van der Waals surface area contributed by atoms with Gasteiger partial charge in [-0.2, -0.15) is 0 Å². The number of likely N-dealkylation sites (N-methyl/N-ethyl adjacent to an activating group) is 1. The van der Waals surface area contributed by atoms with Crippen molar-refractivity contribution in [2.45, 2.75) is 38.3 Å². The molecule has 0 saturated carbocycles. The van der Waals surface area contributed by atoms with Gasteiger partial charge in [-0.15, -0.1) is 0 Å². The Morgan fingerprint density at radius 3 is 2.79 bits per heavy atom. The monoisotopic (exact) mass is 200 g/mol. The Kier molecular flexibility index (Phi) is 3.50. The molecule has 1 unspecified atom stereocenters. The van der Waals surface area contributed by atoms with Crippen molar-refractivity contribution < 1.29 is 9.90 Å². The summed E-state index contributed by atoms with van der Waals surface area (Å²) in [5, 5.41) is 12.0. The molecule has 0 aliphatic carbocycles. The minimum Gasteiger partial charge on any atom is -0.481 e. The van der Waals surface area contributed by atoms with Gasteiger partial charge in [0.15, 0.2) is 0 Å². The first-order valence-electron chi connectivity index (χ1n) is 5.08. The average molecular weight is 200 g/mol. The number of nitrogens with one attached hydrogen (secondary N) is 1. The molecule has 1 atom stereocenters. The van der Waals surface area contributed by atoms with Crippen molar-refractivity contribution in [3.05, 3.63) is 0 Å². The summed E-state index contributed by atoms with van der Waals surface area (Å²) in [6, 6.07) is 0.323. The van der Waals surface area contributed by atoms with Gasteiger partial charge in [-0.1, -0.05) is 0 Å². The van der Waals surface area contributed by atoms with E-state index in [0.29, 0.717) is 6.04 Å². The van der Waals surface area contributed by atoms with E-state index in [1.54, 1.807) is 0 Å². The highest BCUT2D eigenvalue weighted by atomic mass is 16.4. The normalized spacial score (nSPS) is 27.5. The lowest BCUT2D eigenvalue weighted by Crippen LogP contribution is -2.60. The summed E-state index contributed by atoms with van der Waals surface area (Å²) in [5.41, 5.74) is 0.180. The fraction of sp³-hybridized carbons (Fsp3) is 0.900. The van der Waals surface area contributed by atoms with Gasteiger partial charge >= 0.3 is 5.97 Å². The molecule has 1 rings (SSSR count). The van der Waals surface area contributed by atoms with Crippen LogP contribution >= 0.6 is 0 Å². The van der Waals surface area contributed by atoms with Crippen LogP contribution in [0.3, 0.4) is 0 Å². The largest absolute Gasteiger partial charge is 0.481 e. The van der Waals surface area contributed by atoms with Crippen LogP contribution in [0.2, 0.25) is 0 Å². The van der Waals surface area contributed by atoms with Gasteiger partial charge in [0.1, 0.15) is 0 Å². The quantitative estimate of drug-likeness (QED) is 0.698. The predicted octanol–water partition coefficient (Wildman–Crippen LogP) is 0.533. The zero-order valence-corrected chi connectivity index (χ0v) is 9.21. The SMILES string of the molecule is CN1CC(CCC(=O)O)NCC1(C)C. The van der Waals surface area contributed by atoms with Gasteiger partial charge in [-0.05, 0) is 27.3 Å². The third-order valence-corrected chi connectivity index (χ3v) is 3.06. The Morgan fingerprint density at radius 2 is 2.29 bits per heavy atom. The molecule has 1 fully saturated rings. The van der Waals surface area contributed by atoms with E-state index < -0.39 is 5.97 Å². The number of aliphatic carboxylic acids is 1. The van der Waals surface area contributed by atoms with Crippen LogP contribution in [-0.2, 0) is 4.79 Å². The summed E-state index contributed by atoms with van der Waals surface area (Å²) in [6.07, 6.45) is 0.974. The van der Waals surface area contributed by atoms with Crippen molar-refractivity contribution in [1.29, 1.82) is 0 Å². The fourth-order valence-electron chi connectivity index (χ4n) is 1.66. The predicted molar refractivity (Wildman–Crippen MR) is 55.4 cm³/mol. The topological polar surface area (TPSA) is 52.6 Å². The van der Waals surface area contributed by atoms with Crippen LogP contribution in [0.15, 0.2) is 0 Å². The van der Waals surface area contributed by atoms with Gasteiger partial charge in [0, 0.05) is 31.1 Å². The van der Waals surface area contributed by atoms with Crippen LogP contribution in [0, 0.1) is 0 Å². The average Bonchev–Trinajstić information content (AvgIpc) is 2.07. The van der Waals surface area contributed by atoms with Crippen molar-refractivity contribution in [2.24, 2.45) is 0 Å². The Labute approximate surface area is 85.3 Å². The first-order chi connectivity index (χ1) is 6.42. The number of hydrogen-bond acceptors (Lipinski definition) is 3. The number of rotatable bonds is 3. The molecule has 1 heterocycles. The molecule has 0 aromatic rings. The molecule has 14 heavy (non-hydrogen) atoms. The summed E-state index contributed by atoms with van der Waals surface area (Å²) in [5.74, 6) is -0.709. The molecule has 0 spiro atoms. The summed E-state index contributed by atoms with van der Waals surface area (Å²) >= 11 is 0. The number of carboxylic acids is 1. The third-order valence-electron chi connectivity index (χ3n) is 3.06. The molecule has 1 aliphatic rings. The lowest BCUT2D eigenvalue weighted by Gasteiger charge is -2.44. The summed E-state index contributed by atoms with van der Waals surface area (Å²) in [7, 11) is 2.09. The van der Waals surface area contributed by atoms with Crippen LogP contribution in [0.5, 0.6) is 0 Å². The van der Waals surface area contributed by atoms with Crippen molar-refractivity contribution in [1.82, 2.24) is 10.2 Å². The molecule has 0 aromatic carbocycles. The van der Waals surface area contributed by atoms with E-state index in [-0.39, 0.29) is 12.0 Å². The van der Waals surface area contributed by atoms with Gasteiger partial charge in [0.05, 0.1) is 0 Å².